The van der Waals surface area contributed by atoms with Crippen molar-refractivity contribution in [3.8, 4) is 0 Å². The van der Waals surface area contributed by atoms with Gasteiger partial charge in [-0.25, -0.2) is 13.1 Å². The number of hydrogen-bond donors (Lipinski definition) is 3. The molecule has 1 rings (SSSR count). The van der Waals surface area contributed by atoms with Crippen molar-refractivity contribution in [1.82, 2.24) is 4.72 Å². The van der Waals surface area contributed by atoms with Crippen molar-refractivity contribution in [1.29, 1.82) is 0 Å². The lowest BCUT2D eigenvalue weighted by Gasteiger charge is -2.11. The molecule has 18 heavy (non-hydrogen) atoms. The number of nitrogens with one attached hydrogen (secondary N) is 1. The lowest BCUT2D eigenvalue weighted by atomic mass is 10.2. The molecule has 0 spiro atoms. The van der Waals surface area contributed by atoms with Crippen LogP contribution in [0.3, 0.4) is 0 Å². The quantitative estimate of drug-likeness (QED) is 0.642. The Morgan fingerprint density at radius 3 is 2.78 bits per heavy atom. The monoisotopic (exact) mass is 272 g/mol. The molecule has 0 amide bonds. The van der Waals surface area contributed by atoms with E-state index >= 15 is 0 Å². The summed E-state index contributed by atoms with van der Waals surface area (Å²) >= 11 is 0. The van der Waals surface area contributed by atoms with Gasteiger partial charge in [-0.15, -0.1) is 0 Å². The van der Waals surface area contributed by atoms with Gasteiger partial charge < -0.3 is 10.8 Å². The van der Waals surface area contributed by atoms with Crippen LogP contribution in [0.2, 0.25) is 0 Å². The molecule has 0 saturated heterocycles. The van der Waals surface area contributed by atoms with Crippen LogP contribution >= 0.6 is 0 Å². The van der Waals surface area contributed by atoms with E-state index in [0.29, 0.717) is 17.7 Å². The first-order valence-corrected chi connectivity index (χ1v) is 7.58. The van der Waals surface area contributed by atoms with E-state index < -0.39 is 16.1 Å². The predicted octanol–water partition coefficient (Wildman–Crippen LogP) is 0.849. The molecule has 102 valence electrons. The van der Waals surface area contributed by atoms with E-state index in [1.54, 1.807) is 24.3 Å². The molecule has 0 aromatic heterocycles. The van der Waals surface area contributed by atoms with E-state index in [2.05, 4.69) is 4.72 Å². The number of nitrogen functional groups attached to an aromatic ring is 1. The van der Waals surface area contributed by atoms with Gasteiger partial charge in [0, 0.05) is 12.2 Å². The van der Waals surface area contributed by atoms with Crippen molar-refractivity contribution < 1.29 is 13.5 Å². The molecule has 6 heteroatoms. The Balaban J connectivity index is 2.54. The Morgan fingerprint density at radius 1 is 1.44 bits per heavy atom. The number of nitrogens with two attached hydrogens (primary N) is 1. The standard InChI is InChI=1S/C12H20N2O3S/c1-2-4-12(15)8-14-18(16,17)9-10-5-3-6-11(13)7-10/h3,5-7,12,14-15H,2,4,8-9,13H2,1H3. The minimum Gasteiger partial charge on any atom is -0.399 e. The molecule has 0 saturated carbocycles. The van der Waals surface area contributed by atoms with Crippen LogP contribution < -0.4 is 10.5 Å². The summed E-state index contributed by atoms with van der Waals surface area (Å²) in [5, 5.41) is 9.48. The molecular weight excluding hydrogens is 252 g/mol. The maximum absolute atomic E-state index is 11.8. The smallest absolute Gasteiger partial charge is 0.215 e. The van der Waals surface area contributed by atoms with Crippen molar-refractivity contribution in [2.75, 3.05) is 12.3 Å². The minimum atomic E-state index is -3.43. The van der Waals surface area contributed by atoms with Gasteiger partial charge in [0.05, 0.1) is 11.9 Å². The number of aliphatic hydroxyl groups excluding tert-OH is 1. The van der Waals surface area contributed by atoms with Gasteiger partial charge in [-0.05, 0) is 24.1 Å². The number of aliphatic hydroxyl groups is 1. The van der Waals surface area contributed by atoms with Crippen LogP contribution in [0, 0.1) is 0 Å². The van der Waals surface area contributed by atoms with Crippen molar-refractivity contribution in [2.45, 2.75) is 31.6 Å². The fourth-order valence-corrected chi connectivity index (χ4v) is 2.78. The van der Waals surface area contributed by atoms with Crippen LogP contribution in [-0.4, -0.2) is 26.2 Å². The zero-order valence-corrected chi connectivity index (χ0v) is 11.3. The highest BCUT2D eigenvalue weighted by Crippen LogP contribution is 2.09. The molecule has 1 atom stereocenters. The number of anilines is 1. The first-order valence-electron chi connectivity index (χ1n) is 5.93. The maximum atomic E-state index is 11.8. The summed E-state index contributed by atoms with van der Waals surface area (Å²) < 4.78 is 25.9. The summed E-state index contributed by atoms with van der Waals surface area (Å²) in [6.07, 6.45) is 0.768. The van der Waals surface area contributed by atoms with Gasteiger partial charge in [0.2, 0.25) is 10.0 Å². The Kier molecular flexibility index (Phi) is 5.58. The molecule has 0 bridgehead atoms. The number of sulfonamides is 1. The third-order valence-corrected chi connectivity index (χ3v) is 3.79. The number of benzene rings is 1. The number of rotatable bonds is 7. The molecule has 1 aromatic carbocycles. The first-order chi connectivity index (χ1) is 8.43. The summed E-state index contributed by atoms with van der Waals surface area (Å²) in [7, 11) is -3.43. The summed E-state index contributed by atoms with van der Waals surface area (Å²) in [4.78, 5) is 0. The van der Waals surface area contributed by atoms with E-state index in [1.165, 1.54) is 0 Å². The van der Waals surface area contributed by atoms with Crippen molar-refractivity contribution >= 4 is 15.7 Å². The summed E-state index contributed by atoms with van der Waals surface area (Å²) in [5.41, 5.74) is 6.75. The molecule has 1 aromatic rings. The molecule has 5 nitrogen and oxygen atoms in total. The van der Waals surface area contributed by atoms with E-state index in [9.17, 15) is 13.5 Å². The van der Waals surface area contributed by atoms with Gasteiger partial charge in [-0.3, -0.25) is 0 Å². The van der Waals surface area contributed by atoms with Gasteiger partial charge in [0.1, 0.15) is 0 Å². The molecule has 0 aliphatic carbocycles. The fourth-order valence-electron chi connectivity index (χ4n) is 1.61. The lowest BCUT2D eigenvalue weighted by Crippen LogP contribution is -2.32. The van der Waals surface area contributed by atoms with Crippen LogP contribution in [0.1, 0.15) is 25.3 Å². The summed E-state index contributed by atoms with van der Waals surface area (Å²) in [6.45, 7) is 1.99. The third kappa shape index (κ3) is 5.48. The van der Waals surface area contributed by atoms with Crippen molar-refractivity contribution in [3.05, 3.63) is 29.8 Å². The van der Waals surface area contributed by atoms with E-state index in [0.717, 1.165) is 6.42 Å². The van der Waals surface area contributed by atoms with Gasteiger partial charge >= 0.3 is 0 Å². The summed E-state index contributed by atoms with van der Waals surface area (Å²) in [5.74, 6) is -0.128. The Morgan fingerprint density at radius 2 is 2.17 bits per heavy atom. The largest absolute Gasteiger partial charge is 0.399 e. The molecular formula is C12H20N2O3S. The zero-order chi connectivity index (χ0) is 13.6. The second kappa shape index (κ2) is 6.72. The van der Waals surface area contributed by atoms with Crippen LogP contribution in [0.15, 0.2) is 24.3 Å². The van der Waals surface area contributed by atoms with Gasteiger partial charge in [-0.2, -0.15) is 0 Å². The number of hydrogen-bond acceptors (Lipinski definition) is 4. The van der Waals surface area contributed by atoms with Crippen molar-refractivity contribution in [3.63, 3.8) is 0 Å². The second-order valence-electron chi connectivity index (χ2n) is 4.30. The SMILES string of the molecule is CCCC(O)CNS(=O)(=O)Cc1cccc(N)c1. The molecule has 0 fully saturated rings. The molecule has 0 radical (unpaired) electrons. The van der Waals surface area contributed by atoms with Crippen molar-refractivity contribution in [2.24, 2.45) is 0 Å². The average Bonchev–Trinajstić information content (AvgIpc) is 2.26. The normalized spacial score (nSPS) is 13.4. The third-order valence-electron chi connectivity index (χ3n) is 2.47. The topological polar surface area (TPSA) is 92.4 Å². The Labute approximate surface area is 108 Å². The highest BCUT2D eigenvalue weighted by molar-refractivity contribution is 7.88. The Hall–Kier alpha value is -1.11. The predicted molar refractivity (Wildman–Crippen MR) is 72.4 cm³/mol. The fraction of sp³-hybridized carbons (Fsp3) is 0.500. The van der Waals surface area contributed by atoms with Gasteiger partial charge in [-0.1, -0.05) is 25.5 Å². The first kappa shape index (κ1) is 14.9. The van der Waals surface area contributed by atoms with Gasteiger partial charge in [0.15, 0.2) is 0 Å². The molecule has 4 N–H and O–H groups in total. The summed E-state index contributed by atoms with van der Waals surface area (Å²) in [6, 6.07) is 6.75. The zero-order valence-electron chi connectivity index (χ0n) is 10.5. The maximum Gasteiger partial charge on any atom is 0.215 e. The van der Waals surface area contributed by atoms with E-state index in [4.69, 9.17) is 5.73 Å². The molecule has 0 aliphatic rings. The average molecular weight is 272 g/mol. The van der Waals surface area contributed by atoms with Crippen LogP contribution in [-0.2, 0) is 15.8 Å². The minimum absolute atomic E-state index is 0.0541. The molecule has 0 heterocycles. The highest BCUT2D eigenvalue weighted by atomic mass is 32.2. The second-order valence-corrected chi connectivity index (χ2v) is 6.10. The van der Waals surface area contributed by atoms with Crippen LogP contribution in [0.4, 0.5) is 5.69 Å². The highest BCUT2D eigenvalue weighted by Gasteiger charge is 2.13. The Bertz CT molecular complexity index is 474. The van der Waals surface area contributed by atoms with Crippen LogP contribution in [0.25, 0.3) is 0 Å². The van der Waals surface area contributed by atoms with Crippen LogP contribution in [0.5, 0.6) is 0 Å². The van der Waals surface area contributed by atoms with Gasteiger partial charge in [0.25, 0.3) is 0 Å². The molecule has 0 aliphatic heterocycles. The molecule has 1 unspecified atom stereocenters. The van der Waals surface area contributed by atoms with E-state index in [-0.39, 0.29) is 12.3 Å². The van der Waals surface area contributed by atoms with E-state index in [1.807, 2.05) is 6.92 Å². The lowest BCUT2D eigenvalue weighted by molar-refractivity contribution is 0.167.